The fourth-order valence-electron chi connectivity index (χ4n) is 2.35. The minimum Gasteiger partial charge on any atom is -0.475 e. The van der Waals surface area contributed by atoms with Gasteiger partial charge < -0.3 is 14.4 Å². The summed E-state index contributed by atoms with van der Waals surface area (Å²) in [5, 5.41) is 4.96. The topological polar surface area (TPSA) is 107 Å². The Morgan fingerprint density at radius 2 is 1.83 bits per heavy atom. The van der Waals surface area contributed by atoms with E-state index in [4.69, 9.17) is 9.47 Å². The fourth-order valence-corrected chi connectivity index (χ4v) is 2.88. The summed E-state index contributed by atoms with van der Waals surface area (Å²) < 4.78 is 11.3. The molecule has 3 aromatic rings. The number of nitrogens with one attached hydrogen (secondary N) is 1. The van der Waals surface area contributed by atoms with Crippen molar-refractivity contribution in [2.45, 2.75) is 20.0 Å². The van der Waals surface area contributed by atoms with Crippen LogP contribution in [0.15, 0.2) is 42.0 Å². The number of ether oxygens (including phenoxy) is 2. The maximum Gasteiger partial charge on any atom is 0.257 e. The third-order valence-corrected chi connectivity index (χ3v) is 4.34. The van der Waals surface area contributed by atoms with E-state index in [1.807, 2.05) is 13.8 Å². The minimum absolute atomic E-state index is 0.136. The molecule has 0 saturated carbocycles. The summed E-state index contributed by atoms with van der Waals surface area (Å²) in [7, 11) is 3.32. The van der Waals surface area contributed by atoms with E-state index < -0.39 is 0 Å². The van der Waals surface area contributed by atoms with Crippen LogP contribution in [-0.2, 0) is 0 Å². The zero-order valence-electron chi connectivity index (χ0n) is 16.9. The Morgan fingerprint density at radius 1 is 1.07 bits per heavy atom. The molecule has 0 fully saturated rings. The van der Waals surface area contributed by atoms with Gasteiger partial charge in [-0.1, -0.05) is 0 Å². The van der Waals surface area contributed by atoms with Gasteiger partial charge in [-0.25, -0.2) is 9.97 Å². The molecule has 9 nitrogen and oxygen atoms in total. The van der Waals surface area contributed by atoms with Gasteiger partial charge in [-0.2, -0.15) is 4.98 Å². The maximum atomic E-state index is 12.6. The highest BCUT2D eigenvalue weighted by Gasteiger charge is 2.15. The number of amides is 2. The molecule has 0 bridgehead atoms. The third-order valence-electron chi connectivity index (χ3n) is 3.65. The molecule has 0 aliphatic carbocycles. The summed E-state index contributed by atoms with van der Waals surface area (Å²) in [6.45, 7) is 3.71. The van der Waals surface area contributed by atoms with Gasteiger partial charge in [-0.05, 0) is 19.9 Å². The molecule has 3 heterocycles. The number of hydrogen-bond acceptors (Lipinski definition) is 8. The van der Waals surface area contributed by atoms with Crippen molar-refractivity contribution < 1.29 is 19.1 Å². The normalized spacial score (nSPS) is 10.6. The van der Waals surface area contributed by atoms with Crippen LogP contribution in [-0.4, -0.2) is 51.9 Å². The summed E-state index contributed by atoms with van der Waals surface area (Å²) in [6, 6.07) is 6.18. The van der Waals surface area contributed by atoms with Crippen molar-refractivity contribution in [2.75, 3.05) is 19.4 Å². The average Bonchev–Trinajstić information content (AvgIpc) is 3.20. The summed E-state index contributed by atoms with van der Waals surface area (Å²) in [4.78, 5) is 38.5. The summed E-state index contributed by atoms with van der Waals surface area (Å²) in [5.41, 5.74) is 0.728. The Hall–Kier alpha value is -3.53. The first-order valence-electron chi connectivity index (χ1n) is 9.07. The number of rotatable bonds is 7. The molecule has 0 spiro atoms. The highest BCUT2D eigenvalue weighted by molar-refractivity contribution is 7.13. The fraction of sp³-hybridized carbons (Fsp3) is 0.250. The van der Waals surface area contributed by atoms with E-state index in [-0.39, 0.29) is 35.6 Å². The van der Waals surface area contributed by atoms with Crippen molar-refractivity contribution in [3.63, 3.8) is 0 Å². The minimum atomic E-state index is -0.370. The van der Waals surface area contributed by atoms with Crippen molar-refractivity contribution in [3.05, 3.63) is 53.2 Å². The molecule has 0 saturated heterocycles. The second-order valence-electron chi connectivity index (χ2n) is 6.68. The first-order chi connectivity index (χ1) is 14.3. The van der Waals surface area contributed by atoms with Crippen molar-refractivity contribution in [1.82, 2.24) is 19.9 Å². The van der Waals surface area contributed by atoms with Crippen LogP contribution in [0.3, 0.4) is 0 Å². The smallest absolute Gasteiger partial charge is 0.257 e. The molecule has 0 unspecified atom stereocenters. The van der Waals surface area contributed by atoms with Gasteiger partial charge in [-0.3, -0.25) is 14.9 Å². The van der Waals surface area contributed by atoms with Crippen LogP contribution in [0.1, 0.15) is 34.6 Å². The van der Waals surface area contributed by atoms with Gasteiger partial charge in [0, 0.05) is 50.1 Å². The number of anilines is 1. The Bertz CT molecular complexity index is 1020. The van der Waals surface area contributed by atoms with Gasteiger partial charge in [0.25, 0.3) is 11.8 Å². The lowest BCUT2D eigenvalue weighted by atomic mass is 10.2. The zero-order chi connectivity index (χ0) is 21.7. The number of thiazole rings is 1. The molecule has 1 N–H and O–H groups in total. The quantitative estimate of drug-likeness (QED) is 0.615. The molecule has 156 valence electrons. The molecule has 0 aliphatic heterocycles. The van der Waals surface area contributed by atoms with Crippen LogP contribution >= 0.6 is 11.3 Å². The molecule has 0 radical (unpaired) electrons. The second kappa shape index (κ2) is 9.31. The van der Waals surface area contributed by atoms with E-state index in [9.17, 15) is 9.59 Å². The Kier molecular flexibility index (Phi) is 6.58. The van der Waals surface area contributed by atoms with Crippen LogP contribution in [0.25, 0.3) is 0 Å². The standard InChI is InChI=1S/C20H21N5O4S/c1-12(2)28-16-9-14(18(26)24-20-21-7-8-30-20)10-17(23-16)29-15-6-5-13(11-22-15)19(27)25(3)4/h5-12H,1-4H3,(H,21,24,26). The summed E-state index contributed by atoms with van der Waals surface area (Å²) in [6.07, 6.45) is 2.88. The Labute approximate surface area is 177 Å². The summed E-state index contributed by atoms with van der Waals surface area (Å²) >= 11 is 1.31. The lowest BCUT2D eigenvalue weighted by Crippen LogP contribution is -2.21. The van der Waals surface area contributed by atoms with Crippen LogP contribution in [0, 0.1) is 0 Å². The molecule has 3 rings (SSSR count). The van der Waals surface area contributed by atoms with E-state index >= 15 is 0 Å². The number of carbonyl (C=O) groups excluding carboxylic acids is 2. The molecule has 2 amide bonds. The number of carbonyl (C=O) groups is 2. The van der Waals surface area contributed by atoms with Crippen LogP contribution in [0.2, 0.25) is 0 Å². The SMILES string of the molecule is CC(C)Oc1cc(C(=O)Nc2nccs2)cc(Oc2ccc(C(=O)N(C)C)cn2)n1. The number of nitrogens with zero attached hydrogens (tertiary/aromatic N) is 4. The maximum absolute atomic E-state index is 12.6. The van der Waals surface area contributed by atoms with E-state index in [0.29, 0.717) is 16.3 Å². The van der Waals surface area contributed by atoms with Gasteiger partial charge in [0.05, 0.1) is 17.2 Å². The second-order valence-corrected chi connectivity index (χ2v) is 7.57. The molecular weight excluding hydrogens is 406 g/mol. The average molecular weight is 427 g/mol. The first kappa shape index (κ1) is 21.2. The third kappa shape index (κ3) is 5.51. The van der Waals surface area contributed by atoms with Crippen molar-refractivity contribution >= 4 is 28.3 Å². The number of hydrogen-bond donors (Lipinski definition) is 1. The predicted molar refractivity (Wildman–Crippen MR) is 112 cm³/mol. The molecule has 30 heavy (non-hydrogen) atoms. The van der Waals surface area contributed by atoms with E-state index in [0.717, 1.165) is 0 Å². The van der Waals surface area contributed by atoms with Gasteiger partial charge >= 0.3 is 0 Å². The van der Waals surface area contributed by atoms with E-state index in [2.05, 4.69) is 20.3 Å². The largest absolute Gasteiger partial charge is 0.475 e. The number of aromatic nitrogens is 3. The van der Waals surface area contributed by atoms with Crippen LogP contribution < -0.4 is 14.8 Å². The highest BCUT2D eigenvalue weighted by Crippen LogP contribution is 2.24. The van der Waals surface area contributed by atoms with Crippen molar-refractivity contribution in [1.29, 1.82) is 0 Å². The monoisotopic (exact) mass is 427 g/mol. The summed E-state index contributed by atoms with van der Waals surface area (Å²) in [5.74, 6) is 0.0694. The lowest BCUT2D eigenvalue weighted by Gasteiger charge is -2.13. The lowest BCUT2D eigenvalue weighted by molar-refractivity contribution is 0.0827. The Morgan fingerprint density at radius 3 is 2.43 bits per heavy atom. The molecule has 0 aliphatic rings. The van der Waals surface area contributed by atoms with Crippen molar-refractivity contribution in [3.8, 4) is 17.6 Å². The van der Waals surface area contributed by atoms with Gasteiger partial charge in [0.1, 0.15) is 0 Å². The molecule has 0 atom stereocenters. The zero-order valence-corrected chi connectivity index (χ0v) is 17.8. The van der Waals surface area contributed by atoms with E-state index in [1.165, 1.54) is 34.6 Å². The van der Waals surface area contributed by atoms with Crippen LogP contribution in [0.5, 0.6) is 17.6 Å². The molecule has 10 heteroatoms. The molecule has 3 aromatic heterocycles. The van der Waals surface area contributed by atoms with E-state index in [1.54, 1.807) is 37.8 Å². The van der Waals surface area contributed by atoms with Crippen LogP contribution in [0.4, 0.5) is 5.13 Å². The molecular formula is C20H21N5O4S. The molecule has 0 aromatic carbocycles. The highest BCUT2D eigenvalue weighted by atomic mass is 32.1. The van der Waals surface area contributed by atoms with Gasteiger partial charge in [0.15, 0.2) is 5.13 Å². The number of pyridine rings is 2. The van der Waals surface area contributed by atoms with Gasteiger partial charge in [0.2, 0.25) is 17.6 Å². The van der Waals surface area contributed by atoms with Crippen molar-refractivity contribution in [2.24, 2.45) is 0 Å². The predicted octanol–water partition coefficient (Wildman–Crippen LogP) is 3.47. The van der Waals surface area contributed by atoms with Gasteiger partial charge in [-0.15, -0.1) is 11.3 Å². The Balaban J connectivity index is 1.84. The first-order valence-corrected chi connectivity index (χ1v) is 9.95.